The Kier molecular flexibility index (Phi) is 5.10. The summed E-state index contributed by atoms with van der Waals surface area (Å²) in [7, 11) is 0. The Hall–Kier alpha value is -1.20. The highest BCUT2D eigenvalue weighted by molar-refractivity contribution is 7.99. The van der Waals surface area contributed by atoms with Gasteiger partial charge in [-0.15, -0.1) is 0 Å². The van der Waals surface area contributed by atoms with Gasteiger partial charge in [-0.3, -0.25) is 4.79 Å². The van der Waals surface area contributed by atoms with Crippen LogP contribution in [0, 0.1) is 0 Å². The smallest absolute Gasteiger partial charge is 0.248 e. The van der Waals surface area contributed by atoms with Crippen LogP contribution in [-0.4, -0.2) is 41.7 Å². The number of rotatable bonds is 4. The number of benzene rings is 1. The van der Waals surface area contributed by atoms with E-state index in [4.69, 9.17) is 5.11 Å². The Labute approximate surface area is 118 Å². The number of anilines is 1. The van der Waals surface area contributed by atoms with Gasteiger partial charge in [-0.05, 0) is 24.6 Å². The van der Waals surface area contributed by atoms with Crippen LogP contribution < -0.4 is 10.2 Å². The maximum Gasteiger partial charge on any atom is 0.248 e. The monoisotopic (exact) mass is 280 g/mol. The minimum atomic E-state index is -0.954. The van der Waals surface area contributed by atoms with E-state index in [1.807, 2.05) is 23.9 Å². The second-order valence-electron chi connectivity index (χ2n) is 4.66. The Bertz CT molecular complexity index is 414. The van der Waals surface area contributed by atoms with Crippen LogP contribution in [0.2, 0.25) is 0 Å². The van der Waals surface area contributed by atoms with Gasteiger partial charge < -0.3 is 15.3 Å². The van der Waals surface area contributed by atoms with E-state index >= 15 is 0 Å². The van der Waals surface area contributed by atoms with E-state index in [-0.39, 0.29) is 5.91 Å². The molecule has 0 aromatic heterocycles. The third-order valence-electron chi connectivity index (χ3n) is 3.16. The summed E-state index contributed by atoms with van der Waals surface area (Å²) in [6.45, 7) is 4.12. The lowest BCUT2D eigenvalue weighted by Crippen LogP contribution is -2.32. The molecule has 0 saturated carbocycles. The lowest BCUT2D eigenvalue weighted by Gasteiger charge is -2.28. The topological polar surface area (TPSA) is 52.6 Å². The highest BCUT2D eigenvalue weighted by Crippen LogP contribution is 2.19. The van der Waals surface area contributed by atoms with Crippen molar-refractivity contribution in [2.24, 2.45) is 0 Å². The summed E-state index contributed by atoms with van der Waals surface area (Å²) in [5.74, 6) is 2.04. The average Bonchev–Trinajstić information content (AvgIpc) is 2.46. The quantitative estimate of drug-likeness (QED) is 0.871. The van der Waals surface area contributed by atoms with Crippen LogP contribution >= 0.6 is 11.8 Å². The van der Waals surface area contributed by atoms with Crippen LogP contribution in [0.1, 0.15) is 12.5 Å². The molecule has 1 aliphatic rings. The number of hydrogen-bond donors (Lipinski definition) is 2. The predicted octanol–water partition coefficient (Wildman–Crippen LogP) is 1.24. The molecule has 1 saturated heterocycles. The average molecular weight is 280 g/mol. The summed E-state index contributed by atoms with van der Waals surface area (Å²) >= 11 is 2.00. The fourth-order valence-electron chi connectivity index (χ4n) is 1.98. The number of aliphatic hydroxyl groups excluding tert-OH is 1. The van der Waals surface area contributed by atoms with Gasteiger partial charge in [0.1, 0.15) is 6.10 Å². The molecule has 5 heteroatoms. The van der Waals surface area contributed by atoms with Crippen molar-refractivity contribution in [1.82, 2.24) is 5.32 Å². The lowest BCUT2D eigenvalue weighted by molar-refractivity contribution is -0.128. The van der Waals surface area contributed by atoms with E-state index in [0.29, 0.717) is 6.54 Å². The van der Waals surface area contributed by atoms with Crippen LogP contribution in [0.25, 0.3) is 0 Å². The molecular formula is C14H20N2O2S. The van der Waals surface area contributed by atoms with Crippen molar-refractivity contribution in [2.45, 2.75) is 19.6 Å². The third-order valence-corrected chi connectivity index (χ3v) is 4.10. The second kappa shape index (κ2) is 6.82. The fourth-order valence-corrected chi connectivity index (χ4v) is 2.89. The first kappa shape index (κ1) is 14.2. The summed E-state index contributed by atoms with van der Waals surface area (Å²) < 4.78 is 0. The van der Waals surface area contributed by atoms with Crippen LogP contribution in [0.3, 0.4) is 0 Å². The molecule has 1 atom stereocenters. The normalized spacial score (nSPS) is 17.1. The van der Waals surface area contributed by atoms with Gasteiger partial charge in [0.25, 0.3) is 0 Å². The number of amides is 1. The van der Waals surface area contributed by atoms with Crippen molar-refractivity contribution in [1.29, 1.82) is 0 Å². The molecule has 1 unspecified atom stereocenters. The minimum absolute atomic E-state index is 0.336. The largest absolute Gasteiger partial charge is 0.384 e. The molecule has 19 heavy (non-hydrogen) atoms. The zero-order valence-electron chi connectivity index (χ0n) is 11.1. The molecule has 1 fully saturated rings. The molecule has 0 spiro atoms. The van der Waals surface area contributed by atoms with Crippen molar-refractivity contribution in [2.75, 3.05) is 29.5 Å². The minimum Gasteiger partial charge on any atom is -0.384 e. The molecule has 1 amide bonds. The number of carbonyl (C=O) groups is 1. The molecular weight excluding hydrogens is 260 g/mol. The fraction of sp³-hybridized carbons (Fsp3) is 0.500. The van der Waals surface area contributed by atoms with Gasteiger partial charge in [-0.25, -0.2) is 0 Å². The van der Waals surface area contributed by atoms with Crippen molar-refractivity contribution >= 4 is 23.4 Å². The Morgan fingerprint density at radius 3 is 2.58 bits per heavy atom. The van der Waals surface area contributed by atoms with Crippen molar-refractivity contribution in [3.8, 4) is 0 Å². The Morgan fingerprint density at radius 2 is 2.00 bits per heavy atom. The second-order valence-corrected chi connectivity index (χ2v) is 5.88. The number of nitrogens with zero attached hydrogens (tertiary/aromatic N) is 1. The third kappa shape index (κ3) is 4.14. The molecule has 1 heterocycles. The molecule has 4 nitrogen and oxygen atoms in total. The molecule has 0 aliphatic carbocycles. The predicted molar refractivity (Wildman–Crippen MR) is 79.5 cm³/mol. The summed E-state index contributed by atoms with van der Waals surface area (Å²) in [5, 5.41) is 11.8. The van der Waals surface area contributed by atoms with Gasteiger partial charge in [0, 0.05) is 36.8 Å². The van der Waals surface area contributed by atoms with Crippen LogP contribution in [-0.2, 0) is 11.3 Å². The van der Waals surface area contributed by atoms with Crippen LogP contribution in [0.15, 0.2) is 24.3 Å². The molecule has 1 aromatic rings. The SMILES string of the molecule is CC(O)C(=O)NCc1ccc(N2CCSCC2)cc1. The maximum atomic E-state index is 11.3. The Morgan fingerprint density at radius 1 is 1.37 bits per heavy atom. The number of thioether (sulfide) groups is 1. The lowest BCUT2D eigenvalue weighted by atomic mass is 10.2. The van der Waals surface area contributed by atoms with Gasteiger partial charge in [-0.2, -0.15) is 11.8 Å². The van der Waals surface area contributed by atoms with Crippen LogP contribution in [0.5, 0.6) is 0 Å². The van der Waals surface area contributed by atoms with Gasteiger partial charge >= 0.3 is 0 Å². The zero-order chi connectivity index (χ0) is 13.7. The molecule has 1 aliphatic heterocycles. The number of hydrogen-bond acceptors (Lipinski definition) is 4. The van der Waals surface area contributed by atoms with E-state index in [2.05, 4.69) is 22.3 Å². The van der Waals surface area contributed by atoms with E-state index in [1.165, 1.54) is 24.1 Å². The highest BCUT2D eigenvalue weighted by Gasteiger charge is 2.11. The summed E-state index contributed by atoms with van der Waals surface area (Å²) in [6, 6.07) is 8.25. The summed E-state index contributed by atoms with van der Waals surface area (Å²) in [6.07, 6.45) is -0.954. The van der Waals surface area contributed by atoms with E-state index in [0.717, 1.165) is 18.7 Å². The van der Waals surface area contributed by atoms with Crippen molar-refractivity contribution in [3.63, 3.8) is 0 Å². The van der Waals surface area contributed by atoms with E-state index in [9.17, 15) is 4.79 Å². The molecule has 2 N–H and O–H groups in total. The van der Waals surface area contributed by atoms with Crippen LogP contribution in [0.4, 0.5) is 5.69 Å². The zero-order valence-corrected chi connectivity index (χ0v) is 11.9. The number of nitrogens with one attached hydrogen (secondary N) is 1. The van der Waals surface area contributed by atoms with Gasteiger partial charge in [-0.1, -0.05) is 12.1 Å². The van der Waals surface area contributed by atoms with Gasteiger partial charge in [0.2, 0.25) is 5.91 Å². The summed E-state index contributed by atoms with van der Waals surface area (Å²) in [4.78, 5) is 13.6. The first-order chi connectivity index (χ1) is 9.16. The highest BCUT2D eigenvalue weighted by atomic mass is 32.2. The molecule has 2 rings (SSSR count). The van der Waals surface area contributed by atoms with Crippen molar-refractivity contribution in [3.05, 3.63) is 29.8 Å². The molecule has 0 radical (unpaired) electrons. The van der Waals surface area contributed by atoms with E-state index < -0.39 is 6.10 Å². The summed E-state index contributed by atoms with van der Waals surface area (Å²) in [5.41, 5.74) is 2.29. The first-order valence-corrected chi connectivity index (χ1v) is 7.69. The number of carbonyl (C=O) groups excluding carboxylic acids is 1. The maximum absolute atomic E-state index is 11.3. The van der Waals surface area contributed by atoms with Gasteiger partial charge in [0.05, 0.1) is 0 Å². The standard InChI is InChI=1S/C14H20N2O2S/c1-11(17)14(18)15-10-12-2-4-13(5-3-12)16-6-8-19-9-7-16/h2-5,11,17H,6-10H2,1H3,(H,15,18). The van der Waals surface area contributed by atoms with Gasteiger partial charge in [0.15, 0.2) is 0 Å². The molecule has 1 aromatic carbocycles. The molecule has 104 valence electrons. The first-order valence-electron chi connectivity index (χ1n) is 6.54. The van der Waals surface area contributed by atoms with E-state index in [1.54, 1.807) is 0 Å². The Balaban J connectivity index is 1.89. The van der Waals surface area contributed by atoms with Crippen molar-refractivity contribution < 1.29 is 9.90 Å². The molecule has 0 bridgehead atoms. The number of aliphatic hydroxyl groups is 1.